The van der Waals surface area contributed by atoms with E-state index < -0.39 is 34.9 Å². The average Bonchev–Trinajstić information content (AvgIpc) is 2.93. The molecule has 30 heavy (non-hydrogen) atoms. The molecule has 0 radical (unpaired) electrons. The number of nitro groups is 1. The van der Waals surface area contributed by atoms with E-state index in [1.807, 2.05) is 6.92 Å². The van der Waals surface area contributed by atoms with E-state index in [9.17, 15) is 24.5 Å². The first-order valence-corrected chi connectivity index (χ1v) is 9.16. The Labute approximate surface area is 172 Å². The van der Waals surface area contributed by atoms with Gasteiger partial charge in [-0.25, -0.2) is 4.79 Å². The van der Waals surface area contributed by atoms with Crippen molar-refractivity contribution in [2.24, 2.45) is 0 Å². The van der Waals surface area contributed by atoms with Gasteiger partial charge in [0.2, 0.25) is 5.91 Å². The Bertz CT molecular complexity index is 989. The molecule has 0 aromatic heterocycles. The highest BCUT2D eigenvalue weighted by Crippen LogP contribution is 2.30. The molecule has 3 rings (SSSR count). The molecule has 4 amide bonds. The molecule has 1 unspecified atom stereocenters. The molecule has 1 atom stereocenters. The molecule has 2 aromatic carbocycles. The highest BCUT2D eigenvalue weighted by Gasteiger charge is 2.49. The fourth-order valence-corrected chi connectivity index (χ4v) is 3.10. The molecule has 2 aromatic rings. The number of amides is 4. The zero-order valence-electron chi connectivity index (χ0n) is 16.4. The van der Waals surface area contributed by atoms with Crippen molar-refractivity contribution in [1.82, 2.24) is 10.2 Å². The van der Waals surface area contributed by atoms with E-state index in [1.165, 1.54) is 31.2 Å². The molecule has 1 aliphatic rings. The van der Waals surface area contributed by atoms with Gasteiger partial charge in [0.1, 0.15) is 17.8 Å². The van der Waals surface area contributed by atoms with Crippen LogP contribution in [-0.4, -0.2) is 40.8 Å². The van der Waals surface area contributed by atoms with Crippen LogP contribution in [0, 0.1) is 10.1 Å². The summed E-state index contributed by atoms with van der Waals surface area (Å²) in [4.78, 5) is 48.6. The summed E-state index contributed by atoms with van der Waals surface area (Å²) >= 11 is 0. The summed E-state index contributed by atoms with van der Waals surface area (Å²) in [5.74, 6) is -0.512. The summed E-state index contributed by atoms with van der Waals surface area (Å²) < 4.78 is 5.33. The molecule has 0 bridgehead atoms. The van der Waals surface area contributed by atoms with Crippen molar-refractivity contribution in [3.05, 3.63) is 64.2 Å². The number of ether oxygens (including phenoxy) is 1. The van der Waals surface area contributed by atoms with Crippen molar-refractivity contribution >= 4 is 29.2 Å². The second kappa shape index (κ2) is 8.19. The monoisotopic (exact) mass is 412 g/mol. The van der Waals surface area contributed by atoms with Crippen LogP contribution in [0.3, 0.4) is 0 Å². The summed E-state index contributed by atoms with van der Waals surface area (Å²) in [6.45, 7) is 3.39. The fourth-order valence-electron chi connectivity index (χ4n) is 3.10. The van der Waals surface area contributed by atoms with Gasteiger partial charge in [0.25, 0.3) is 11.6 Å². The molecule has 156 valence electrons. The Balaban J connectivity index is 1.69. The SMILES string of the molecule is CCOc1ccc(NC(=O)CN2C(=O)NC(C)(c3ccc([N+](=O)[O-])cc3)C2=O)cc1. The quantitative estimate of drug-likeness (QED) is 0.408. The number of anilines is 1. The molecular weight excluding hydrogens is 392 g/mol. The van der Waals surface area contributed by atoms with Gasteiger partial charge in [0.05, 0.1) is 11.5 Å². The zero-order valence-corrected chi connectivity index (χ0v) is 16.4. The van der Waals surface area contributed by atoms with Crippen molar-refractivity contribution in [1.29, 1.82) is 0 Å². The van der Waals surface area contributed by atoms with E-state index in [0.29, 0.717) is 23.6 Å². The molecule has 1 fully saturated rings. The van der Waals surface area contributed by atoms with Gasteiger partial charge in [-0.05, 0) is 55.8 Å². The lowest BCUT2D eigenvalue weighted by Crippen LogP contribution is -2.42. The van der Waals surface area contributed by atoms with Crippen LogP contribution in [0.1, 0.15) is 19.4 Å². The summed E-state index contributed by atoms with van der Waals surface area (Å²) in [6, 6.07) is 11.3. The lowest BCUT2D eigenvalue weighted by molar-refractivity contribution is -0.384. The molecule has 0 spiro atoms. The number of nitrogens with zero attached hydrogens (tertiary/aromatic N) is 2. The van der Waals surface area contributed by atoms with Crippen molar-refractivity contribution in [3.8, 4) is 5.75 Å². The molecule has 1 saturated heterocycles. The number of nitrogens with one attached hydrogen (secondary N) is 2. The molecular formula is C20H20N4O6. The maximum atomic E-state index is 12.9. The van der Waals surface area contributed by atoms with E-state index in [4.69, 9.17) is 4.74 Å². The molecule has 1 heterocycles. The lowest BCUT2D eigenvalue weighted by atomic mass is 9.92. The molecule has 10 nitrogen and oxygen atoms in total. The number of hydrogen-bond donors (Lipinski definition) is 2. The highest BCUT2D eigenvalue weighted by atomic mass is 16.6. The minimum atomic E-state index is -1.42. The van der Waals surface area contributed by atoms with Crippen molar-refractivity contribution in [2.45, 2.75) is 19.4 Å². The van der Waals surface area contributed by atoms with Crippen LogP contribution in [0.15, 0.2) is 48.5 Å². The van der Waals surface area contributed by atoms with E-state index in [2.05, 4.69) is 10.6 Å². The fraction of sp³-hybridized carbons (Fsp3) is 0.250. The first-order chi connectivity index (χ1) is 14.2. The molecule has 2 N–H and O–H groups in total. The van der Waals surface area contributed by atoms with Crippen LogP contribution in [0.5, 0.6) is 5.75 Å². The van der Waals surface area contributed by atoms with Gasteiger partial charge in [-0.3, -0.25) is 24.6 Å². The summed E-state index contributed by atoms with van der Waals surface area (Å²) in [6.07, 6.45) is 0. The van der Waals surface area contributed by atoms with E-state index >= 15 is 0 Å². The number of imide groups is 1. The Kier molecular flexibility index (Phi) is 5.67. The third-order valence-corrected chi connectivity index (χ3v) is 4.68. The average molecular weight is 412 g/mol. The first kappa shape index (κ1) is 20.8. The number of carbonyl (C=O) groups is 3. The van der Waals surface area contributed by atoms with Crippen LogP contribution in [0.2, 0.25) is 0 Å². The Morgan fingerprint density at radius 3 is 2.37 bits per heavy atom. The van der Waals surface area contributed by atoms with Crippen LogP contribution in [-0.2, 0) is 15.1 Å². The minimum absolute atomic E-state index is 0.134. The number of non-ortho nitro benzene ring substituents is 1. The number of benzene rings is 2. The van der Waals surface area contributed by atoms with Crippen molar-refractivity contribution < 1.29 is 24.0 Å². The van der Waals surface area contributed by atoms with Gasteiger partial charge in [-0.1, -0.05) is 0 Å². The van der Waals surface area contributed by atoms with Gasteiger partial charge in [0.15, 0.2) is 0 Å². The molecule has 0 aliphatic carbocycles. The Morgan fingerprint density at radius 1 is 1.17 bits per heavy atom. The number of hydrogen-bond acceptors (Lipinski definition) is 6. The van der Waals surface area contributed by atoms with E-state index in [-0.39, 0.29) is 5.69 Å². The van der Waals surface area contributed by atoms with Gasteiger partial charge in [-0.2, -0.15) is 0 Å². The van der Waals surface area contributed by atoms with Gasteiger partial charge in [-0.15, -0.1) is 0 Å². The number of urea groups is 1. The molecule has 0 saturated carbocycles. The number of carbonyl (C=O) groups excluding carboxylic acids is 3. The summed E-state index contributed by atoms with van der Waals surface area (Å²) in [7, 11) is 0. The maximum Gasteiger partial charge on any atom is 0.325 e. The number of rotatable bonds is 7. The predicted octanol–water partition coefficient (Wildman–Crippen LogP) is 2.40. The van der Waals surface area contributed by atoms with Crippen LogP contribution in [0.25, 0.3) is 0 Å². The minimum Gasteiger partial charge on any atom is -0.494 e. The Hall–Kier alpha value is -3.95. The zero-order chi connectivity index (χ0) is 21.9. The van der Waals surface area contributed by atoms with Crippen LogP contribution >= 0.6 is 0 Å². The van der Waals surface area contributed by atoms with Gasteiger partial charge < -0.3 is 15.4 Å². The van der Waals surface area contributed by atoms with Gasteiger partial charge in [0, 0.05) is 17.8 Å². The Morgan fingerprint density at radius 2 is 1.80 bits per heavy atom. The third kappa shape index (κ3) is 4.07. The predicted molar refractivity (Wildman–Crippen MR) is 107 cm³/mol. The molecule has 10 heteroatoms. The summed E-state index contributed by atoms with van der Waals surface area (Å²) in [5, 5.41) is 16.0. The summed E-state index contributed by atoms with van der Waals surface area (Å²) in [5.41, 5.74) is -0.689. The standard InChI is InChI=1S/C20H20N4O6/c1-3-30-16-10-6-14(7-11-16)21-17(25)12-23-18(26)20(2,22-19(23)27)13-4-8-15(9-5-13)24(28)29/h4-11H,3,12H2,1-2H3,(H,21,25)(H,22,27). The van der Waals surface area contributed by atoms with Crippen molar-refractivity contribution in [2.75, 3.05) is 18.5 Å². The second-order valence-electron chi connectivity index (χ2n) is 6.76. The third-order valence-electron chi connectivity index (χ3n) is 4.68. The molecule has 1 aliphatic heterocycles. The smallest absolute Gasteiger partial charge is 0.325 e. The van der Waals surface area contributed by atoms with Crippen molar-refractivity contribution in [3.63, 3.8) is 0 Å². The second-order valence-corrected chi connectivity index (χ2v) is 6.76. The van der Waals surface area contributed by atoms with Crippen LogP contribution < -0.4 is 15.4 Å². The topological polar surface area (TPSA) is 131 Å². The normalized spacial score (nSPS) is 18.1. The highest BCUT2D eigenvalue weighted by molar-refractivity contribution is 6.10. The first-order valence-electron chi connectivity index (χ1n) is 9.16. The van der Waals surface area contributed by atoms with E-state index in [0.717, 1.165) is 4.90 Å². The maximum absolute atomic E-state index is 12.9. The van der Waals surface area contributed by atoms with E-state index in [1.54, 1.807) is 24.3 Å². The van der Waals surface area contributed by atoms with Crippen LogP contribution in [0.4, 0.5) is 16.2 Å². The lowest BCUT2D eigenvalue weighted by Gasteiger charge is -2.22. The number of nitro benzene ring substituents is 1. The largest absolute Gasteiger partial charge is 0.494 e. The van der Waals surface area contributed by atoms with Gasteiger partial charge >= 0.3 is 6.03 Å².